The van der Waals surface area contributed by atoms with Crippen molar-refractivity contribution in [3.05, 3.63) is 18.1 Å². The van der Waals surface area contributed by atoms with Crippen molar-refractivity contribution in [2.75, 3.05) is 6.61 Å². The molecule has 1 aromatic rings. The second-order valence-corrected chi connectivity index (χ2v) is 4.11. The summed E-state index contributed by atoms with van der Waals surface area (Å²) < 4.78 is 0. The molecule has 0 aliphatic rings. The zero-order valence-electron chi connectivity index (χ0n) is 7.54. The molecule has 0 saturated carbocycles. The number of nitrogens with zero attached hydrogens (tertiary/aromatic N) is 2. The third-order valence-electron chi connectivity index (χ3n) is 1.43. The first-order chi connectivity index (χ1) is 6.63. The Labute approximate surface area is 85.2 Å². The number of carboxylic acids is 1. The van der Waals surface area contributed by atoms with E-state index in [0.717, 1.165) is 0 Å². The molecular formula is C8H10N2O3S. The first-order valence-electron chi connectivity index (χ1n) is 3.96. The molecule has 76 valence electrons. The minimum absolute atomic E-state index is 0.0278. The maximum atomic E-state index is 10.4. The van der Waals surface area contributed by atoms with Crippen LogP contribution < -0.4 is 0 Å². The van der Waals surface area contributed by atoms with Crippen molar-refractivity contribution < 1.29 is 15.0 Å². The zero-order chi connectivity index (χ0) is 10.6. The van der Waals surface area contributed by atoms with Crippen LogP contribution in [0.3, 0.4) is 0 Å². The molecular weight excluding hydrogens is 204 g/mol. The number of rotatable bonds is 4. The molecule has 1 aromatic heterocycles. The van der Waals surface area contributed by atoms with Crippen molar-refractivity contribution in [2.45, 2.75) is 17.2 Å². The average Bonchev–Trinajstić information content (AvgIpc) is 2.18. The molecule has 5 nitrogen and oxygen atoms in total. The van der Waals surface area contributed by atoms with Crippen LogP contribution in [0.15, 0.2) is 17.4 Å². The van der Waals surface area contributed by atoms with Gasteiger partial charge in [0.2, 0.25) is 0 Å². The van der Waals surface area contributed by atoms with Gasteiger partial charge in [-0.15, -0.1) is 0 Å². The highest BCUT2D eigenvalue weighted by atomic mass is 32.2. The molecule has 6 heteroatoms. The van der Waals surface area contributed by atoms with Crippen LogP contribution in [-0.2, 0) is 0 Å². The molecule has 1 heterocycles. The number of carboxylic acid groups (broad SMARTS) is 1. The molecule has 0 aliphatic heterocycles. The number of aliphatic hydroxyl groups excluding tert-OH is 1. The molecule has 0 aliphatic carbocycles. The number of hydrogen-bond acceptors (Lipinski definition) is 5. The molecule has 1 atom stereocenters. The predicted molar refractivity (Wildman–Crippen MR) is 51.4 cm³/mol. The Bertz CT molecular complexity index is 315. The van der Waals surface area contributed by atoms with Gasteiger partial charge in [-0.05, 0) is 0 Å². The molecule has 0 radical (unpaired) electrons. The maximum absolute atomic E-state index is 10.4. The highest BCUT2D eigenvalue weighted by Crippen LogP contribution is 2.19. The van der Waals surface area contributed by atoms with Crippen molar-refractivity contribution in [1.82, 2.24) is 9.97 Å². The normalized spacial score (nSPS) is 12.4. The number of carbonyl (C=O) groups is 1. The van der Waals surface area contributed by atoms with Gasteiger partial charge < -0.3 is 10.2 Å². The van der Waals surface area contributed by atoms with Crippen molar-refractivity contribution >= 4 is 17.7 Å². The van der Waals surface area contributed by atoms with Gasteiger partial charge in [0, 0.05) is 5.25 Å². The molecule has 0 bridgehead atoms. The summed E-state index contributed by atoms with van der Waals surface area (Å²) in [6, 6.07) is 0. The third kappa shape index (κ3) is 2.97. The Morgan fingerprint density at radius 2 is 2.29 bits per heavy atom. The lowest BCUT2D eigenvalue weighted by Gasteiger charge is -2.05. The summed E-state index contributed by atoms with van der Waals surface area (Å²) in [4.78, 5) is 18.0. The smallest absolute Gasteiger partial charge is 0.356 e. The second kappa shape index (κ2) is 4.92. The molecule has 0 saturated heterocycles. The van der Waals surface area contributed by atoms with E-state index in [0.29, 0.717) is 5.03 Å². The summed E-state index contributed by atoms with van der Waals surface area (Å²) >= 11 is 1.35. The third-order valence-corrected chi connectivity index (χ3v) is 2.43. The maximum Gasteiger partial charge on any atom is 0.356 e. The average molecular weight is 214 g/mol. The first-order valence-corrected chi connectivity index (χ1v) is 4.84. The van der Waals surface area contributed by atoms with Crippen LogP contribution in [0.2, 0.25) is 0 Å². The summed E-state index contributed by atoms with van der Waals surface area (Å²) in [5, 5.41) is 18.0. The Morgan fingerprint density at radius 1 is 1.57 bits per heavy atom. The summed E-state index contributed by atoms with van der Waals surface area (Å²) in [7, 11) is 0. The van der Waals surface area contributed by atoms with E-state index in [1.165, 1.54) is 24.2 Å². The van der Waals surface area contributed by atoms with Crippen LogP contribution >= 0.6 is 11.8 Å². The number of hydrogen-bond donors (Lipinski definition) is 2. The quantitative estimate of drug-likeness (QED) is 0.716. The zero-order valence-corrected chi connectivity index (χ0v) is 8.36. The van der Waals surface area contributed by atoms with Crippen LogP contribution in [-0.4, -0.2) is 38.0 Å². The van der Waals surface area contributed by atoms with E-state index in [1.807, 2.05) is 6.92 Å². The molecule has 2 N–H and O–H groups in total. The van der Waals surface area contributed by atoms with Gasteiger partial charge in [0.1, 0.15) is 5.03 Å². The predicted octanol–water partition coefficient (Wildman–Crippen LogP) is 0.648. The highest BCUT2D eigenvalue weighted by Gasteiger charge is 2.07. The highest BCUT2D eigenvalue weighted by molar-refractivity contribution is 7.99. The molecule has 1 unspecified atom stereocenters. The Kier molecular flexibility index (Phi) is 3.84. The van der Waals surface area contributed by atoms with Gasteiger partial charge in [-0.2, -0.15) is 0 Å². The fraction of sp³-hybridized carbons (Fsp3) is 0.375. The van der Waals surface area contributed by atoms with Crippen LogP contribution in [0, 0.1) is 0 Å². The van der Waals surface area contributed by atoms with Crippen molar-refractivity contribution in [2.24, 2.45) is 0 Å². The van der Waals surface area contributed by atoms with Crippen molar-refractivity contribution in [3.63, 3.8) is 0 Å². The number of aromatic nitrogens is 2. The van der Waals surface area contributed by atoms with E-state index in [1.54, 1.807) is 0 Å². The summed E-state index contributed by atoms with van der Waals surface area (Å²) in [5.41, 5.74) is -0.0778. The molecule has 1 rings (SSSR count). The molecule has 0 amide bonds. The fourth-order valence-corrected chi connectivity index (χ4v) is 1.44. The lowest BCUT2D eigenvalue weighted by Crippen LogP contribution is -2.04. The number of aromatic carboxylic acids is 1. The minimum atomic E-state index is -1.09. The van der Waals surface area contributed by atoms with Gasteiger partial charge in [0.15, 0.2) is 5.69 Å². The van der Waals surface area contributed by atoms with Crippen LogP contribution in [0.4, 0.5) is 0 Å². The van der Waals surface area contributed by atoms with Gasteiger partial charge in [0.05, 0.1) is 19.0 Å². The molecule has 0 fully saturated rings. The monoisotopic (exact) mass is 214 g/mol. The molecule has 0 aromatic carbocycles. The standard InChI is InChI=1S/C8H10N2O3S/c1-5(4-11)14-7-3-9-6(2-10-7)8(12)13/h2-3,5,11H,4H2,1H3,(H,12,13). The van der Waals surface area contributed by atoms with Gasteiger partial charge in [0.25, 0.3) is 0 Å². The van der Waals surface area contributed by atoms with Gasteiger partial charge in [-0.1, -0.05) is 18.7 Å². The SMILES string of the molecule is CC(CO)Sc1cnc(C(=O)O)cn1. The van der Waals surface area contributed by atoms with E-state index in [9.17, 15) is 4.79 Å². The van der Waals surface area contributed by atoms with Gasteiger partial charge in [-0.3, -0.25) is 0 Å². The lowest BCUT2D eigenvalue weighted by molar-refractivity contribution is 0.0689. The van der Waals surface area contributed by atoms with Crippen molar-refractivity contribution in [3.8, 4) is 0 Å². The lowest BCUT2D eigenvalue weighted by atomic mass is 10.5. The Balaban J connectivity index is 2.68. The van der Waals surface area contributed by atoms with Crippen LogP contribution in [0.25, 0.3) is 0 Å². The van der Waals surface area contributed by atoms with Crippen LogP contribution in [0.1, 0.15) is 17.4 Å². The van der Waals surface area contributed by atoms with E-state index in [-0.39, 0.29) is 17.6 Å². The van der Waals surface area contributed by atoms with E-state index < -0.39 is 5.97 Å². The minimum Gasteiger partial charge on any atom is -0.476 e. The van der Waals surface area contributed by atoms with E-state index in [2.05, 4.69) is 9.97 Å². The van der Waals surface area contributed by atoms with Gasteiger partial charge in [-0.25, -0.2) is 14.8 Å². The van der Waals surface area contributed by atoms with Crippen LogP contribution in [0.5, 0.6) is 0 Å². The van der Waals surface area contributed by atoms with Crippen molar-refractivity contribution in [1.29, 1.82) is 0 Å². The molecule has 14 heavy (non-hydrogen) atoms. The van der Waals surface area contributed by atoms with Gasteiger partial charge >= 0.3 is 5.97 Å². The Hall–Kier alpha value is -1.14. The number of aliphatic hydroxyl groups is 1. The summed E-state index contributed by atoms with van der Waals surface area (Å²) in [6.07, 6.45) is 2.59. The topological polar surface area (TPSA) is 83.3 Å². The Morgan fingerprint density at radius 3 is 2.71 bits per heavy atom. The summed E-state index contributed by atoms with van der Waals surface area (Å²) in [5.74, 6) is -1.09. The second-order valence-electron chi connectivity index (χ2n) is 2.66. The molecule has 0 spiro atoms. The number of thioether (sulfide) groups is 1. The van der Waals surface area contributed by atoms with E-state index >= 15 is 0 Å². The van der Waals surface area contributed by atoms with E-state index in [4.69, 9.17) is 10.2 Å². The first kappa shape index (κ1) is 10.9. The summed E-state index contributed by atoms with van der Waals surface area (Å²) in [6.45, 7) is 1.89. The largest absolute Gasteiger partial charge is 0.476 e. The fourth-order valence-electron chi connectivity index (χ4n) is 0.731.